The van der Waals surface area contributed by atoms with Gasteiger partial charge in [0.05, 0.1) is 0 Å². The quantitative estimate of drug-likeness (QED) is 0.0304. The van der Waals surface area contributed by atoms with Crippen LogP contribution in [0.4, 0.5) is 0 Å². The van der Waals surface area contributed by atoms with E-state index in [9.17, 15) is 9.59 Å². The molecule has 0 aromatic rings. The van der Waals surface area contributed by atoms with E-state index in [1.807, 2.05) is 0 Å². The van der Waals surface area contributed by atoms with Gasteiger partial charge in [0.1, 0.15) is 18.6 Å². The molecule has 0 aromatic heterocycles. The Kier molecular flexibility index (Phi) is 35.1. The summed E-state index contributed by atoms with van der Waals surface area (Å²) in [7, 11) is 0. The van der Waals surface area contributed by atoms with Gasteiger partial charge in [0.15, 0.2) is 0 Å². The first kappa shape index (κ1) is 42.7. The minimum atomic E-state index is -0.494. The molecule has 0 saturated carbocycles. The van der Waals surface area contributed by atoms with Crippen molar-refractivity contribution in [2.24, 2.45) is 0 Å². The molecule has 0 aliphatic carbocycles. The number of unbranched alkanes of at least 4 members (excludes halogenated alkanes) is 22. The van der Waals surface area contributed by atoms with Crippen molar-refractivity contribution in [1.29, 1.82) is 0 Å². The Morgan fingerprint density at radius 1 is 0.455 bits per heavy atom. The van der Waals surface area contributed by atoms with Crippen LogP contribution in [0.15, 0.2) is 24.3 Å². The van der Waals surface area contributed by atoms with Gasteiger partial charge in [0.2, 0.25) is 0 Å². The second-order valence-corrected chi connectivity index (χ2v) is 13.2. The molecule has 5 heteroatoms. The summed E-state index contributed by atoms with van der Waals surface area (Å²) < 4.78 is 10.5. The molecule has 0 aliphatic rings. The van der Waals surface area contributed by atoms with Crippen molar-refractivity contribution in [3.8, 4) is 0 Å². The van der Waals surface area contributed by atoms with E-state index in [1.54, 1.807) is 0 Å². The molecule has 0 fully saturated rings. The van der Waals surface area contributed by atoms with Crippen molar-refractivity contribution in [2.75, 3.05) is 13.2 Å². The van der Waals surface area contributed by atoms with Gasteiger partial charge in [-0.2, -0.15) is 0 Å². The van der Waals surface area contributed by atoms with Crippen LogP contribution in [-0.4, -0.2) is 30.5 Å². The molecular formula is C39H71ClO4. The smallest absolute Gasteiger partial charge is 0.305 e. The second-order valence-electron chi connectivity index (χ2n) is 12.6. The van der Waals surface area contributed by atoms with Crippen LogP contribution in [-0.2, 0) is 19.1 Å². The molecule has 0 atom stereocenters. The zero-order chi connectivity index (χ0) is 32.2. The molecule has 44 heavy (non-hydrogen) atoms. The largest absolute Gasteiger partial charge is 0.464 e. The lowest BCUT2D eigenvalue weighted by Crippen LogP contribution is -2.21. The van der Waals surface area contributed by atoms with Crippen LogP contribution in [0.2, 0.25) is 0 Å². The first-order valence-electron chi connectivity index (χ1n) is 18.8. The summed E-state index contributed by atoms with van der Waals surface area (Å²) in [6, 6.07) is 0. The summed E-state index contributed by atoms with van der Waals surface area (Å²) >= 11 is 6.20. The Morgan fingerprint density at radius 2 is 0.727 bits per heavy atom. The van der Waals surface area contributed by atoms with Crippen molar-refractivity contribution in [3.63, 3.8) is 0 Å². The molecule has 0 N–H and O–H groups in total. The summed E-state index contributed by atoms with van der Waals surface area (Å²) in [5.41, 5.74) is 0. The number of hydrogen-bond acceptors (Lipinski definition) is 4. The number of ether oxygens (including phenoxy) is 2. The molecule has 0 amide bonds. The fourth-order valence-electron chi connectivity index (χ4n) is 5.24. The van der Waals surface area contributed by atoms with Crippen LogP contribution in [0.3, 0.4) is 0 Å². The van der Waals surface area contributed by atoms with E-state index in [1.165, 1.54) is 116 Å². The Labute approximate surface area is 278 Å². The Morgan fingerprint density at radius 3 is 1.05 bits per heavy atom. The van der Waals surface area contributed by atoms with E-state index < -0.39 is 5.38 Å². The second kappa shape index (κ2) is 36.2. The molecule has 0 radical (unpaired) electrons. The Bertz CT molecular complexity index is 619. The number of alkyl halides is 1. The van der Waals surface area contributed by atoms with E-state index in [-0.39, 0.29) is 25.2 Å². The maximum atomic E-state index is 12.0. The molecule has 4 nitrogen and oxygen atoms in total. The Balaban J connectivity index is 3.45. The number of rotatable bonds is 34. The van der Waals surface area contributed by atoms with Gasteiger partial charge in [-0.3, -0.25) is 9.59 Å². The average Bonchev–Trinajstić information content (AvgIpc) is 3.02. The highest BCUT2D eigenvalue weighted by Gasteiger charge is 2.12. The van der Waals surface area contributed by atoms with Gasteiger partial charge in [-0.25, -0.2) is 0 Å². The number of allylic oxidation sites excluding steroid dienone is 4. The molecule has 0 aliphatic heterocycles. The lowest BCUT2D eigenvalue weighted by Gasteiger charge is -2.11. The summed E-state index contributed by atoms with van der Waals surface area (Å²) in [6.07, 6.45) is 42.3. The third kappa shape index (κ3) is 35.2. The molecule has 0 bridgehead atoms. The zero-order valence-electron chi connectivity index (χ0n) is 29.1. The average molecular weight is 639 g/mol. The SMILES string of the molecule is CCCCCCCC/C=C/CCCCCCCC(=O)OCC(Cl)COC(=O)CCCCCCC/C=C/CCCCCCCC. The molecule has 0 spiro atoms. The van der Waals surface area contributed by atoms with Crippen LogP contribution >= 0.6 is 11.6 Å². The van der Waals surface area contributed by atoms with Crippen molar-refractivity contribution in [3.05, 3.63) is 24.3 Å². The highest BCUT2D eigenvalue weighted by Crippen LogP contribution is 2.12. The summed E-state index contributed by atoms with van der Waals surface area (Å²) in [6.45, 7) is 4.70. The highest BCUT2D eigenvalue weighted by atomic mass is 35.5. The first-order chi connectivity index (χ1) is 21.6. The predicted octanol–water partition coefficient (Wildman–Crippen LogP) is 12.8. The molecule has 0 rings (SSSR count). The predicted molar refractivity (Wildman–Crippen MR) is 190 cm³/mol. The van der Waals surface area contributed by atoms with Crippen molar-refractivity contribution in [1.82, 2.24) is 0 Å². The van der Waals surface area contributed by atoms with Crippen LogP contribution in [0.1, 0.15) is 194 Å². The lowest BCUT2D eigenvalue weighted by molar-refractivity contribution is -0.146. The first-order valence-corrected chi connectivity index (χ1v) is 19.3. The van der Waals surface area contributed by atoms with Gasteiger partial charge in [0.25, 0.3) is 0 Å². The summed E-state index contributed by atoms with van der Waals surface area (Å²) in [5, 5.41) is -0.494. The number of carbonyl (C=O) groups is 2. The number of hydrogen-bond donors (Lipinski definition) is 0. The van der Waals surface area contributed by atoms with Crippen molar-refractivity contribution < 1.29 is 19.1 Å². The topological polar surface area (TPSA) is 52.6 Å². The Hall–Kier alpha value is -1.29. The van der Waals surface area contributed by atoms with Gasteiger partial charge in [-0.1, -0.05) is 141 Å². The fraction of sp³-hybridized carbons (Fsp3) is 0.846. The maximum absolute atomic E-state index is 12.0. The molecule has 0 heterocycles. The summed E-state index contributed by atoms with van der Waals surface area (Å²) in [4.78, 5) is 24.0. The minimum absolute atomic E-state index is 0.0894. The van der Waals surface area contributed by atoms with Crippen molar-refractivity contribution in [2.45, 2.75) is 199 Å². The zero-order valence-corrected chi connectivity index (χ0v) is 29.9. The molecule has 0 saturated heterocycles. The van der Waals surface area contributed by atoms with E-state index in [0.29, 0.717) is 12.8 Å². The van der Waals surface area contributed by atoms with Crippen LogP contribution < -0.4 is 0 Å². The van der Waals surface area contributed by atoms with Gasteiger partial charge in [-0.05, 0) is 64.2 Å². The molecule has 258 valence electrons. The van der Waals surface area contributed by atoms with E-state index in [2.05, 4.69) is 38.2 Å². The van der Waals surface area contributed by atoms with E-state index in [4.69, 9.17) is 21.1 Å². The van der Waals surface area contributed by atoms with Crippen LogP contribution in [0, 0.1) is 0 Å². The highest BCUT2D eigenvalue weighted by molar-refractivity contribution is 6.21. The third-order valence-electron chi connectivity index (χ3n) is 8.14. The molecular weight excluding hydrogens is 568 g/mol. The fourth-order valence-corrected chi connectivity index (χ4v) is 5.37. The number of halogens is 1. The molecule has 0 unspecified atom stereocenters. The number of carbonyl (C=O) groups excluding carboxylic acids is 2. The van der Waals surface area contributed by atoms with E-state index >= 15 is 0 Å². The normalized spacial score (nSPS) is 11.7. The van der Waals surface area contributed by atoms with Gasteiger partial charge >= 0.3 is 11.9 Å². The van der Waals surface area contributed by atoms with Crippen LogP contribution in [0.5, 0.6) is 0 Å². The van der Waals surface area contributed by atoms with Crippen LogP contribution in [0.25, 0.3) is 0 Å². The minimum Gasteiger partial charge on any atom is -0.464 e. The summed E-state index contributed by atoms with van der Waals surface area (Å²) in [5.74, 6) is -0.430. The molecule has 0 aromatic carbocycles. The van der Waals surface area contributed by atoms with Crippen molar-refractivity contribution >= 4 is 23.5 Å². The maximum Gasteiger partial charge on any atom is 0.305 e. The van der Waals surface area contributed by atoms with Gasteiger partial charge in [0, 0.05) is 12.8 Å². The monoisotopic (exact) mass is 639 g/mol. The van der Waals surface area contributed by atoms with Gasteiger partial charge < -0.3 is 9.47 Å². The van der Waals surface area contributed by atoms with E-state index in [0.717, 1.165) is 51.4 Å². The standard InChI is InChI=1S/C39H71ClO4/c1-3-5-7-9-11-13-15-17-19-21-23-25-27-29-31-33-38(41)43-35-37(40)36-44-39(42)34-32-30-28-26-24-22-20-18-16-14-12-10-8-6-4-2/h17-20,37H,3-16,21-36H2,1-2H3/b19-17+,20-18+. The van der Waals surface area contributed by atoms with Gasteiger partial charge in [-0.15, -0.1) is 11.6 Å². The lowest BCUT2D eigenvalue weighted by atomic mass is 10.1. The third-order valence-corrected chi connectivity index (χ3v) is 8.39. The number of esters is 2.